The second kappa shape index (κ2) is 12.0. The fourth-order valence-electron chi connectivity index (χ4n) is 3.14. The highest BCUT2D eigenvalue weighted by Crippen LogP contribution is 2.17. The van der Waals surface area contributed by atoms with Gasteiger partial charge in [-0.15, -0.1) is 0 Å². The molecule has 2 aromatic carbocycles. The first-order valence-electron chi connectivity index (χ1n) is 10.6. The molecule has 0 bridgehead atoms. The van der Waals surface area contributed by atoms with E-state index in [0.29, 0.717) is 0 Å². The van der Waals surface area contributed by atoms with Gasteiger partial charge in [-0.25, -0.2) is 14.2 Å². The van der Waals surface area contributed by atoms with Gasteiger partial charge in [0.1, 0.15) is 36.8 Å². The van der Waals surface area contributed by atoms with Crippen LogP contribution >= 0.6 is 0 Å². The van der Waals surface area contributed by atoms with E-state index in [0.717, 1.165) is 28.5 Å². The number of carbonyl (C=O) groups is 4. The molecule has 0 saturated heterocycles. The highest BCUT2D eigenvalue weighted by Gasteiger charge is 2.20. The van der Waals surface area contributed by atoms with E-state index < -0.39 is 48.4 Å². The van der Waals surface area contributed by atoms with Crippen molar-refractivity contribution in [2.45, 2.75) is 25.6 Å². The molecule has 2 amide bonds. The van der Waals surface area contributed by atoms with Gasteiger partial charge in [-0.3, -0.25) is 24.3 Å². The topological polar surface area (TPSA) is 157 Å². The lowest BCUT2D eigenvalue weighted by Gasteiger charge is -2.16. The van der Waals surface area contributed by atoms with Crippen molar-refractivity contribution in [3.8, 4) is 11.4 Å². The molecule has 3 N–H and O–H groups in total. The zero-order valence-corrected chi connectivity index (χ0v) is 18.7. The van der Waals surface area contributed by atoms with Gasteiger partial charge in [0.05, 0.1) is 18.7 Å². The van der Waals surface area contributed by atoms with Crippen LogP contribution in [0, 0.1) is 5.82 Å². The van der Waals surface area contributed by atoms with Gasteiger partial charge < -0.3 is 20.0 Å². The van der Waals surface area contributed by atoms with E-state index in [9.17, 15) is 28.4 Å². The van der Waals surface area contributed by atoms with Gasteiger partial charge in [-0.05, 0) is 29.8 Å². The molecule has 186 valence electrons. The predicted molar refractivity (Wildman–Crippen MR) is 124 cm³/mol. The van der Waals surface area contributed by atoms with Crippen molar-refractivity contribution >= 4 is 29.9 Å². The monoisotopic (exact) mass is 496 g/mol. The SMILES string of the molecule is O=C[C@@H](CC(=O)O)NC(=O)Cn1c(-c2ccc(F)cc2)ncc(NC(=O)OCc2ccccc2)c1=O. The average molecular weight is 496 g/mol. The number of nitrogens with zero attached hydrogens (tertiary/aromatic N) is 2. The van der Waals surface area contributed by atoms with Crippen molar-refractivity contribution in [2.24, 2.45) is 0 Å². The molecule has 0 radical (unpaired) electrons. The highest BCUT2D eigenvalue weighted by molar-refractivity contribution is 5.85. The molecule has 3 rings (SSSR count). The lowest BCUT2D eigenvalue weighted by molar-refractivity contribution is -0.138. The first-order valence-corrected chi connectivity index (χ1v) is 10.6. The first-order chi connectivity index (χ1) is 17.3. The Balaban J connectivity index is 1.86. The van der Waals surface area contributed by atoms with Crippen LogP contribution in [0.4, 0.5) is 14.9 Å². The Morgan fingerprint density at radius 2 is 1.81 bits per heavy atom. The Bertz CT molecular complexity index is 1310. The Labute approximate surface area is 203 Å². The maximum atomic E-state index is 13.4. The summed E-state index contributed by atoms with van der Waals surface area (Å²) in [5.74, 6) is -2.73. The average Bonchev–Trinajstić information content (AvgIpc) is 2.86. The van der Waals surface area contributed by atoms with E-state index in [4.69, 9.17) is 9.84 Å². The number of ether oxygens (including phenoxy) is 1. The quantitative estimate of drug-likeness (QED) is 0.360. The fraction of sp³-hybridized carbons (Fsp3) is 0.167. The number of benzene rings is 2. The summed E-state index contributed by atoms with van der Waals surface area (Å²) >= 11 is 0. The summed E-state index contributed by atoms with van der Waals surface area (Å²) in [6, 6.07) is 12.5. The van der Waals surface area contributed by atoms with E-state index >= 15 is 0 Å². The normalized spacial score (nSPS) is 11.2. The van der Waals surface area contributed by atoms with Crippen LogP contribution in [0.15, 0.2) is 65.6 Å². The number of carboxylic acid groups (broad SMARTS) is 1. The standard InChI is InChI=1S/C24H21FN4O7/c25-17-8-6-16(7-9-17)22-26-11-19(28-24(35)36-14-15-4-2-1-3-5-15)23(34)29(22)12-20(31)27-18(13-30)10-21(32)33/h1-9,11,13,18H,10,12,14H2,(H,27,31)(H,28,35)(H,32,33)/t18-/m1/s1. The molecule has 0 unspecified atom stereocenters. The predicted octanol–water partition coefficient (Wildman–Crippen LogP) is 1.96. The molecule has 0 spiro atoms. The molecule has 0 fully saturated rings. The molecule has 3 aromatic rings. The van der Waals surface area contributed by atoms with Gasteiger partial charge in [0, 0.05) is 5.56 Å². The number of carbonyl (C=O) groups excluding carboxylic acids is 3. The largest absolute Gasteiger partial charge is 0.481 e. The molecule has 1 heterocycles. The van der Waals surface area contributed by atoms with Crippen molar-refractivity contribution in [1.82, 2.24) is 14.9 Å². The van der Waals surface area contributed by atoms with E-state index in [1.807, 2.05) is 0 Å². The van der Waals surface area contributed by atoms with Crippen LogP contribution in [-0.2, 0) is 32.3 Å². The molecule has 36 heavy (non-hydrogen) atoms. The number of anilines is 1. The second-order valence-electron chi connectivity index (χ2n) is 7.49. The van der Waals surface area contributed by atoms with Crippen LogP contribution < -0.4 is 16.2 Å². The summed E-state index contributed by atoms with van der Waals surface area (Å²) in [4.78, 5) is 64.0. The van der Waals surface area contributed by atoms with E-state index in [2.05, 4.69) is 15.6 Å². The molecule has 1 aromatic heterocycles. The fourth-order valence-corrected chi connectivity index (χ4v) is 3.14. The lowest BCUT2D eigenvalue weighted by Crippen LogP contribution is -2.41. The number of hydrogen-bond donors (Lipinski definition) is 3. The van der Waals surface area contributed by atoms with Crippen LogP contribution in [0.2, 0.25) is 0 Å². The zero-order valence-electron chi connectivity index (χ0n) is 18.7. The lowest BCUT2D eigenvalue weighted by atomic mass is 10.2. The van der Waals surface area contributed by atoms with Crippen LogP contribution in [0.25, 0.3) is 11.4 Å². The second-order valence-corrected chi connectivity index (χ2v) is 7.49. The number of aromatic nitrogens is 2. The van der Waals surface area contributed by atoms with Gasteiger partial charge >= 0.3 is 12.1 Å². The molecular formula is C24H21FN4O7. The van der Waals surface area contributed by atoms with Crippen molar-refractivity contribution in [3.05, 3.63) is 82.5 Å². The summed E-state index contributed by atoms with van der Waals surface area (Å²) in [6.45, 7) is -0.724. The van der Waals surface area contributed by atoms with Crippen LogP contribution in [-0.4, -0.2) is 45.0 Å². The summed E-state index contributed by atoms with van der Waals surface area (Å²) in [5, 5.41) is 13.3. The van der Waals surface area contributed by atoms with Crippen molar-refractivity contribution in [3.63, 3.8) is 0 Å². The minimum Gasteiger partial charge on any atom is -0.481 e. The Kier molecular flexibility index (Phi) is 8.59. The third kappa shape index (κ3) is 7.06. The number of halogens is 1. The van der Waals surface area contributed by atoms with Crippen LogP contribution in [0.3, 0.4) is 0 Å². The van der Waals surface area contributed by atoms with Crippen molar-refractivity contribution in [1.29, 1.82) is 0 Å². The molecule has 1 atom stereocenters. The number of nitrogens with one attached hydrogen (secondary N) is 2. The number of carboxylic acids is 1. The third-order valence-electron chi connectivity index (χ3n) is 4.81. The number of aldehydes is 1. The highest BCUT2D eigenvalue weighted by atomic mass is 19.1. The van der Waals surface area contributed by atoms with Gasteiger partial charge in [0.15, 0.2) is 0 Å². The first kappa shape index (κ1) is 25.7. The van der Waals surface area contributed by atoms with E-state index in [-0.39, 0.29) is 30.0 Å². The Morgan fingerprint density at radius 1 is 1.11 bits per heavy atom. The van der Waals surface area contributed by atoms with E-state index in [1.165, 1.54) is 12.1 Å². The molecule has 11 nitrogen and oxygen atoms in total. The minimum absolute atomic E-state index is 0.0285. The summed E-state index contributed by atoms with van der Waals surface area (Å²) in [5.41, 5.74) is -0.129. The molecule has 12 heteroatoms. The molecule has 0 saturated carbocycles. The number of amides is 2. The molecular weight excluding hydrogens is 475 g/mol. The Hall–Kier alpha value is -4.87. The van der Waals surface area contributed by atoms with Crippen molar-refractivity contribution in [2.75, 3.05) is 5.32 Å². The maximum absolute atomic E-state index is 13.4. The smallest absolute Gasteiger partial charge is 0.412 e. The van der Waals surface area contributed by atoms with E-state index in [1.54, 1.807) is 30.3 Å². The number of rotatable bonds is 10. The van der Waals surface area contributed by atoms with Gasteiger partial charge in [-0.1, -0.05) is 30.3 Å². The molecule has 0 aliphatic carbocycles. The minimum atomic E-state index is -1.32. The van der Waals surface area contributed by atoms with Gasteiger partial charge in [0.2, 0.25) is 5.91 Å². The number of hydrogen-bond acceptors (Lipinski definition) is 7. The maximum Gasteiger partial charge on any atom is 0.412 e. The summed E-state index contributed by atoms with van der Waals surface area (Å²) < 4.78 is 19.4. The third-order valence-corrected chi connectivity index (χ3v) is 4.81. The zero-order chi connectivity index (χ0) is 26.1. The van der Waals surface area contributed by atoms with Crippen LogP contribution in [0.1, 0.15) is 12.0 Å². The van der Waals surface area contributed by atoms with Gasteiger partial charge in [0.25, 0.3) is 5.56 Å². The Morgan fingerprint density at radius 3 is 2.44 bits per heavy atom. The molecule has 0 aliphatic heterocycles. The molecule has 0 aliphatic rings. The summed E-state index contributed by atoms with van der Waals surface area (Å²) in [7, 11) is 0. The van der Waals surface area contributed by atoms with Gasteiger partial charge in [-0.2, -0.15) is 0 Å². The number of aliphatic carboxylic acids is 1. The summed E-state index contributed by atoms with van der Waals surface area (Å²) in [6.07, 6.45) is -0.264. The van der Waals surface area contributed by atoms with Crippen LogP contribution in [0.5, 0.6) is 0 Å². The van der Waals surface area contributed by atoms with Crippen molar-refractivity contribution < 1.29 is 33.4 Å².